The fourth-order valence-electron chi connectivity index (χ4n) is 9.45. The zero-order valence-corrected chi connectivity index (χ0v) is 25.2. The molecule has 2 nitrogen and oxygen atoms in total. The van der Waals surface area contributed by atoms with Gasteiger partial charge in [0.1, 0.15) is 5.69 Å². The molecular weight excluding hydrogens is 436 g/mol. The summed E-state index contributed by atoms with van der Waals surface area (Å²) in [5.41, 5.74) is 1.95. The maximum atomic E-state index is 5.53. The summed E-state index contributed by atoms with van der Waals surface area (Å²) in [6, 6.07) is 1.98. The van der Waals surface area contributed by atoms with Crippen molar-refractivity contribution < 1.29 is 0 Å². The van der Waals surface area contributed by atoms with Crippen LogP contribution in [0, 0.1) is 64.6 Å². The molecule has 4 aliphatic carbocycles. The highest BCUT2D eigenvalue weighted by Crippen LogP contribution is 2.66. The van der Waals surface area contributed by atoms with Crippen LogP contribution in [0.15, 0.2) is 12.3 Å². The first-order chi connectivity index (χ1) is 17.3. The van der Waals surface area contributed by atoms with Crippen LogP contribution in [0.3, 0.4) is 0 Å². The van der Waals surface area contributed by atoms with Crippen LogP contribution in [0.4, 0.5) is 0 Å². The number of hydrogen-bond acceptors (Lipinski definition) is 1. The minimum atomic E-state index is 0.544. The summed E-state index contributed by atoms with van der Waals surface area (Å²) < 4.78 is 2.10. The van der Waals surface area contributed by atoms with E-state index in [2.05, 4.69) is 63.4 Å². The average molecular weight is 495 g/mol. The van der Waals surface area contributed by atoms with Crippen LogP contribution < -0.4 is 0 Å². The SMILES string of the molecule is C#Cc1ccn(C[C@@H](C)C2CCC3C4CCC5C[C@@](C)(CC)CCC5C4CCC32C)n1.CC.CCC. The van der Waals surface area contributed by atoms with E-state index >= 15 is 0 Å². The van der Waals surface area contributed by atoms with Crippen molar-refractivity contribution in [2.24, 2.45) is 52.3 Å². The molecule has 4 saturated carbocycles. The van der Waals surface area contributed by atoms with Gasteiger partial charge in [0.15, 0.2) is 0 Å². The number of fused-ring (bicyclic) bond motifs is 5. The van der Waals surface area contributed by atoms with Gasteiger partial charge < -0.3 is 0 Å². The van der Waals surface area contributed by atoms with Gasteiger partial charge in [0.05, 0.1) is 0 Å². The highest BCUT2D eigenvalue weighted by molar-refractivity contribution is 5.21. The molecule has 1 aromatic heterocycles. The first kappa shape index (κ1) is 29.3. The summed E-state index contributed by atoms with van der Waals surface area (Å²) in [6.45, 7) is 19.4. The van der Waals surface area contributed by atoms with E-state index in [1.807, 2.05) is 19.9 Å². The standard InChI is InChI=1S/C29H44N2.C3H8.C2H6/c1-6-22-14-17-31(30-22)19-20(3)26-10-11-27-25-9-8-21-18-28(4,7-2)15-12-23(21)24(25)13-16-29(26,27)5;1-3-2;1-2/h1,14,17,20-21,23-27H,7-13,15-16,18-19H2,2-5H3;3H2,1-2H3;1-2H3/t20-,21?,23?,24?,25?,26?,27?,28+,29?;;/m1../s1. The molecule has 0 N–H and O–H groups in total. The zero-order chi connectivity index (χ0) is 26.5. The molecule has 0 spiro atoms. The van der Waals surface area contributed by atoms with Crippen LogP contribution in [-0.4, -0.2) is 9.78 Å². The summed E-state index contributed by atoms with van der Waals surface area (Å²) in [5.74, 6) is 9.29. The molecule has 0 saturated heterocycles. The molecule has 4 fully saturated rings. The Morgan fingerprint density at radius 2 is 1.69 bits per heavy atom. The van der Waals surface area contributed by atoms with Crippen molar-refractivity contribution in [3.05, 3.63) is 18.0 Å². The van der Waals surface area contributed by atoms with E-state index in [0.717, 1.165) is 47.7 Å². The summed E-state index contributed by atoms with van der Waals surface area (Å²) in [4.78, 5) is 0. The Labute approximate surface area is 224 Å². The van der Waals surface area contributed by atoms with Crippen LogP contribution in [-0.2, 0) is 6.54 Å². The fourth-order valence-corrected chi connectivity index (χ4v) is 9.45. The second kappa shape index (κ2) is 12.5. The lowest BCUT2D eigenvalue weighted by atomic mass is 9.47. The molecule has 2 heteroatoms. The van der Waals surface area contributed by atoms with Crippen LogP contribution in [0.25, 0.3) is 0 Å². The van der Waals surface area contributed by atoms with Crippen molar-refractivity contribution in [3.63, 3.8) is 0 Å². The van der Waals surface area contributed by atoms with Gasteiger partial charge in [0.2, 0.25) is 0 Å². The average Bonchev–Trinajstić information content (AvgIpc) is 3.49. The lowest BCUT2D eigenvalue weighted by molar-refractivity contribution is -0.0837. The molecule has 0 aliphatic heterocycles. The second-order valence-corrected chi connectivity index (χ2v) is 13.3. The van der Waals surface area contributed by atoms with Gasteiger partial charge >= 0.3 is 0 Å². The van der Waals surface area contributed by atoms with Crippen molar-refractivity contribution in [3.8, 4) is 12.3 Å². The van der Waals surface area contributed by atoms with Gasteiger partial charge in [-0.15, -0.1) is 6.42 Å². The van der Waals surface area contributed by atoms with Crippen LogP contribution in [0.5, 0.6) is 0 Å². The quantitative estimate of drug-likeness (QED) is 0.381. The topological polar surface area (TPSA) is 17.8 Å². The van der Waals surface area contributed by atoms with Gasteiger partial charge in [-0.05, 0) is 122 Å². The normalized spacial score (nSPS) is 39.6. The summed E-state index contributed by atoms with van der Waals surface area (Å²) >= 11 is 0. The number of aromatic nitrogens is 2. The first-order valence-corrected chi connectivity index (χ1v) is 15.8. The predicted molar refractivity (Wildman–Crippen MR) is 156 cm³/mol. The molecule has 0 radical (unpaired) electrons. The highest BCUT2D eigenvalue weighted by atomic mass is 15.3. The third-order valence-electron chi connectivity index (χ3n) is 11.2. The molecule has 9 atom stereocenters. The van der Waals surface area contributed by atoms with Crippen molar-refractivity contribution >= 4 is 0 Å². The Kier molecular flexibility index (Phi) is 10.2. The lowest BCUT2D eigenvalue weighted by Gasteiger charge is -2.58. The van der Waals surface area contributed by atoms with E-state index in [9.17, 15) is 0 Å². The predicted octanol–water partition coefficient (Wildman–Crippen LogP) is 9.63. The number of hydrogen-bond donors (Lipinski definition) is 0. The van der Waals surface area contributed by atoms with Gasteiger partial charge in [0, 0.05) is 12.7 Å². The molecule has 0 amide bonds. The van der Waals surface area contributed by atoms with Crippen LogP contribution in [0.2, 0.25) is 0 Å². The largest absolute Gasteiger partial charge is 0.271 e. The van der Waals surface area contributed by atoms with Crippen molar-refractivity contribution in [1.29, 1.82) is 0 Å². The Hall–Kier alpha value is -1.23. The van der Waals surface area contributed by atoms with E-state index in [1.165, 1.54) is 70.6 Å². The molecule has 204 valence electrons. The maximum Gasteiger partial charge on any atom is 0.134 e. The molecule has 1 aromatic rings. The minimum Gasteiger partial charge on any atom is -0.271 e. The Morgan fingerprint density at radius 3 is 2.33 bits per heavy atom. The molecule has 0 aromatic carbocycles. The Morgan fingerprint density at radius 1 is 1.00 bits per heavy atom. The molecule has 4 aliphatic rings. The lowest BCUT2D eigenvalue weighted by Crippen LogP contribution is -2.50. The molecule has 7 unspecified atom stereocenters. The smallest absolute Gasteiger partial charge is 0.134 e. The number of nitrogens with zero attached hydrogens (tertiary/aromatic N) is 2. The van der Waals surface area contributed by atoms with E-state index in [1.54, 1.807) is 0 Å². The monoisotopic (exact) mass is 494 g/mol. The van der Waals surface area contributed by atoms with E-state index in [4.69, 9.17) is 6.42 Å². The maximum absolute atomic E-state index is 5.53. The third-order valence-corrected chi connectivity index (χ3v) is 11.2. The summed E-state index contributed by atoms with van der Waals surface area (Å²) in [7, 11) is 0. The summed E-state index contributed by atoms with van der Waals surface area (Å²) in [6.07, 6.45) is 23.7. The second-order valence-electron chi connectivity index (χ2n) is 13.3. The third kappa shape index (κ3) is 5.76. The number of terminal acetylenes is 1. The Balaban J connectivity index is 0.000000674. The Bertz CT molecular complexity index is 848. The van der Waals surface area contributed by atoms with Gasteiger partial charge in [-0.3, -0.25) is 4.68 Å². The summed E-state index contributed by atoms with van der Waals surface area (Å²) in [5, 5.41) is 4.58. The van der Waals surface area contributed by atoms with Crippen molar-refractivity contribution in [2.75, 3.05) is 0 Å². The molecule has 36 heavy (non-hydrogen) atoms. The van der Waals surface area contributed by atoms with E-state index < -0.39 is 0 Å². The van der Waals surface area contributed by atoms with Crippen LogP contribution in [0.1, 0.15) is 132 Å². The van der Waals surface area contributed by atoms with Crippen LogP contribution >= 0.6 is 0 Å². The fraction of sp³-hybridized carbons (Fsp3) is 0.853. The minimum absolute atomic E-state index is 0.544. The number of rotatable bonds is 4. The zero-order valence-electron chi connectivity index (χ0n) is 25.2. The highest BCUT2D eigenvalue weighted by Gasteiger charge is 2.58. The molecule has 5 rings (SSSR count). The van der Waals surface area contributed by atoms with Crippen molar-refractivity contribution in [1.82, 2.24) is 9.78 Å². The first-order valence-electron chi connectivity index (χ1n) is 15.8. The molecular formula is C34H58N2. The van der Waals surface area contributed by atoms with Gasteiger partial charge in [-0.25, -0.2) is 0 Å². The van der Waals surface area contributed by atoms with Gasteiger partial charge in [0.25, 0.3) is 0 Å². The van der Waals surface area contributed by atoms with Crippen molar-refractivity contribution in [2.45, 2.75) is 133 Å². The molecule has 1 heterocycles. The van der Waals surface area contributed by atoms with Gasteiger partial charge in [-0.1, -0.05) is 68.2 Å². The van der Waals surface area contributed by atoms with E-state index in [-0.39, 0.29) is 0 Å². The van der Waals surface area contributed by atoms with E-state index in [0.29, 0.717) is 16.7 Å². The van der Waals surface area contributed by atoms with Gasteiger partial charge in [-0.2, -0.15) is 5.10 Å². The molecule has 0 bridgehead atoms.